The number of H-pyrrole nitrogens is 1. The van der Waals surface area contributed by atoms with Crippen LogP contribution in [0.3, 0.4) is 0 Å². The van der Waals surface area contributed by atoms with Crippen LogP contribution in [-0.2, 0) is 0 Å². The number of aromatic amines is 1. The highest BCUT2D eigenvalue weighted by molar-refractivity contribution is 5.94. The van der Waals surface area contributed by atoms with Crippen molar-refractivity contribution in [1.29, 1.82) is 0 Å². The molecule has 4 rings (SSSR count). The van der Waals surface area contributed by atoms with E-state index in [0.717, 1.165) is 48.9 Å². The minimum absolute atomic E-state index is 0.110. The van der Waals surface area contributed by atoms with Crippen molar-refractivity contribution in [2.45, 2.75) is 25.8 Å². The molecule has 1 amide bonds. The van der Waals surface area contributed by atoms with Crippen LogP contribution in [0.1, 0.15) is 29.0 Å². The lowest BCUT2D eigenvalue weighted by Crippen LogP contribution is -2.45. The highest BCUT2D eigenvalue weighted by Gasteiger charge is 2.24. The molecule has 8 heteroatoms. The second-order valence-corrected chi connectivity index (χ2v) is 7.07. The molecule has 0 saturated carbocycles. The number of aromatic nitrogens is 4. The Morgan fingerprint density at radius 2 is 1.97 bits per heavy atom. The van der Waals surface area contributed by atoms with E-state index < -0.39 is 0 Å². The van der Waals surface area contributed by atoms with Gasteiger partial charge in [0.25, 0.3) is 5.91 Å². The largest absolute Gasteiger partial charge is 0.497 e. The smallest absolute Gasteiger partial charge is 0.271 e. The molecule has 2 aromatic heterocycles. The first-order chi connectivity index (χ1) is 14.1. The molecule has 0 bridgehead atoms. The third-order valence-corrected chi connectivity index (χ3v) is 5.11. The number of ether oxygens (including phenoxy) is 1. The highest BCUT2D eigenvalue weighted by atomic mass is 16.5. The Hall–Kier alpha value is -3.42. The SMILES string of the molecule is COc1cccc(-c2nc(C(=O)NC3CCN(c4ncccn4)CC3)c(C)[nH]2)c1. The summed E-state index contributed by atoms with van der Waals surface area (Å²) in [5, 5.41) is 3.12. The number of benzene rings is 1. The van der Waals surface area contributed by atoms with Crippen LogP contribution >= 0.6 is 0 Å². The average Bonchev–Trinajstić information content (AvgIpc) is 3.17. The van der Waals surface area contributed by atoms with E-state index in [9.17, 15) is 4.79 Å². The Balaban J connectivity index is 1.40. The Kier molecular flexibility index (Phi) is 5.41. The molecule has 3 heterocycles. The van der Waals surface area contributed by atoms with Crippen LogP contribution in [0.2, 0.25) is 0 Å². The monoisotopic (exact) mass is 392 g/mol. The number of carbonyl (C=O) groups is 1. The molecule has 1 aliphatic heterocycles. The number of carbonyl (C=O) groups excluding carboxylic acids is 1. The molecule has 2 N–H and O–H groups in total. The van der Waals surface area contributed by atoms with Crippen LogP contribution in [0, 0.1) is 6.92 Å². The van der Waals surface area contributed by atoms with E-state index >= 15 is 0 Å². The first-order valence-corrected chi connectivity index (χ1v) is 9.68. The highest BCUT2D eigenvalue weighted by Crippen LogP contribution is 2.23. The molecule has 8 nitrogen and oxygen atoms in total. The van der Waals surface area contributed by atoms with Gasteiger partial charge in [0.1, 0.15) is 17.3 Å². The van der Waals surface area contributed by atoms with Gasteiger partial charge in [-0.15, -0.1) is 0 Å². The van der Waals surface area contributed by atoms with Crippen molar-refractivity contribution in [1.82, 2.24) is 25.3 Å². The van der Waals surface area contributed by atoms with Crippen LogP contribution < -0.4 is 15.0 Å². The van der Waals surface area contributed by atoms with E-state index in [0.29, 0.717) is 11.5 Å². The van der Waals surface area contributed by atoms with E-state index in [4.69, 9.17) is 4.74 Å². The first-order valence-electron chi connectivity index (χ1n) is 9.68. The first kappa shape index (κ1) is 18.9. The van der Waals surface area contributed by atoms with Gasteiger partial charge in [-0.2, -0.15) is 0 Å². The third kappa shape index (κ3) is 4.21. The number of amides is 1. The van der Waals surface area contributed by atoms with E-state index in [1.165, 1.54) is 0 Å². The summed E-state index contributed by atoms with van der Waals surface area (Å²) in [6.07, 6.45) is 5.18. The average molecular weight is 392 g/mol. The predicted octanol–water partition coefficient (Wildman–Crippen LogP) is 2.58. The molecule has 0 spiro atoms. The van der Waals surface area contributed by atoms with Gasteiger partial charge in [0.05, 0.1) is 7.11 Å². The molecular weight excluding hydrogens is 368 g/mol. The molecule has 0 atom stereocenters. The van der Waals surface area contributed by atoms with Gasteiger partial charge < -0.3 is 19.9 Å². The van der Waals surface area contributed by atoms with Gasteiger partial charge in [-0.25, -0.2) is 15.0 Å². The number of piperidine rings is 1. The molecule has 1 aliphatic rings. The summed E-state index contributed by atoms with van der Waals surface area (Å²) in [6, 6.07) is 9.52. The minimum atomic E-state index is -0.151. The summed E-state index contributed by atoms with van der Waals surface area (Å²) in [6.45, 7) is 3.48. The molecular formula is C21H24N6O2. The van der Waals surface area contributed by atoms with Gasteiger partial charge in [-0.05, 0) is 38.0 Å². The number of rotatable bonds is 5. The molecule has 150 valence electrons. The maximum atomic E-state index is 12.8. The zero-order valence-corrected chi connectivity index (χ0v) is 16.6. The van der Waals surface area contributed by atoms with Crippen molar-refractivity contribution < 1.29 is 9.53 Å². The van der Waals surface area contributed by atoms with E-state index in [1.54, 1.807) is 19.5 Å². The standard InChI is InChI=1S/C21H24N6O2/c1-14-18(26-19(24-14)15-5-3-6-17(13-15)29-2)20(28)25-16-7-11-27(12-8-16)21-22-9-4-10-23-21/h3-6,9-10,13,16H,7-8,11-12H2,1-2H3,(H,24,26)(H,25,28). The van der Waals surface area contributed by atoms with Crippen LogP contribution in [0.25, 0.3) is 11.4 Å². The summed E-state index contributed by atoms with van der Waals surface area (Å²) in [4.78, 5) is 31.3. The van der Waals surface area contributed by atoms with Crippen molar-refractivity contribution in [3.05, 3.63) is 54.1 Å². The Bertz CT molecular complexity index is 980. The number of methoxy groups -OCH3 is 1. The third-order valence-electron chi connectivity index (χ3n) is 5.11. The van der Waals surface area contributed by atoms with Crippen LogP contribution in [0.15, 0.2) is 42.7 Å². The molecule has 0 aliphatic carbocycles. The lowest BCUT2D eigenvalue weighted by Gasteiger charge is -2.32. The summed E-state index contributed by atoms with van der Waals surface area (Å²) in [5.74, 6) is 1.99. The van der Waals surface area contributed by atoms with Crippen LogP contribution in [0.5, 0.6) is 5.75 Å². The van der Waals surface area contributed by atoms with E-state index in [-0.39, 0.29) is 11.9 Å². The summed E-state index contributed by atoms with van der Waals surface area (Å²) < 4.78 is 5.27. The van der Waals surface area contributed by atoms with Gasteiger partial charge >= 0.3 is 0 Å². The lowest BCUT2D eigenvalue weighted by atomic mass is 10.1. The van der Waals surface area contributed by atoms with Crippen LogP contribution in [0.4, 0.5) is 5.95 Å². The molecule has 1 fully saturated rings. The number of anilines is 1. The van der Waals surface area contributed by atoms with E-state index in [1.807, 2.05) is 37.3 Å². The van der Waals surface area contributed by atoms with Crippen molar-refractivity contribution in [3.63, 3.8) is 0 Å². The molecule has 0 unspecified atom stereocenters. The quantitative estimate of drug-likeness (QED) is 0.693. The molecule has 0 radical (unpaired) electrons. The number of aryl methyl sites for hydroxylation is 1. The maximum Gasteiger partial charge on any atom is 0.271 e. The number of nitrogens with zero attached hydrogens (tertiary/aromatic N) is 4. The number of hydrogen-bond acceptors (Lipinski definition) is 6. The molecule has 1 aromatic carbocycles. The van der Waals surface area contributed by atoms with Crippen molar-refractivity contribution >= 4 is 11.9 Å². The summed E-state index contributed by atoms with van der Waals surface area (Å²) >= 11 is 0. The van der Waals surface area contributed by atoms with Crippen molar-refractivity contribution in [2.75, 3.05) is 25.1 Å². The number of hydrogen-bond donors (Lipinski definition) is 2. The van der Waals surface area contributed by atoms with Gasteiger partial charge in [-0.3, -0.25) is 4.79 Å². The predicted molar refractivity (Wildman–Crippen MR) is 110 cm³/mol. The number of imidazole rings is 1. The second kappa shape index (κ2) is 8.30. The minimum Gasteiger partial charge on any atom is -0.497 e. The van der Waals surface area contributed by atoms with Gasteiger partial charge in [-0.1, -0.05) is 12.1 Å². The van der Waals surface area contributed by atoms with Gasteiger partial charge in [0, 0.05) is 42.8 Å². The summed E-state index contributed by atoms with van der Waals surface area (Å²) in [7, 11) is 1.63. The molecule has 29 heavy (non-hydrogen) atoms. The van der Waals surface area contributed by atoms with Crippen molar-refractivity contribution in [2.24, 2.45) is 0 Å². The lowest BCUT2D eigenvalue weighted by molar-refractivity contribution is 0.0926. The zero-order chi connectivity index (χ0) is 20.2. The Morgan fingerprint density at radius 3 is 2.69 bits per heavy atom. The summed E-state index contributed by atoms with van der Waals surface area (Å²) in [5.41, 5.74) is 2.05. The molecule has 3 aromatic rings. The van der Waals surface area contributed by atoms with Gasteiger partial charge in [0.15, 0.2) is 0 Å². The Morgan fingerprint density at radius 1 is 1.21 bits per heavy atom. The van der Waals surface area contributed by atoms with Crippen LogP contribution in [-0.4, -0.2) is 52.1 Å². The fourth-order valence-electron chi connectivity index (χ4n) is 3.52. The maximum absolute atomic E-state index is 12.8. The second-order valence-electron chi connectivity index (χ2n) is 7.07. The van der Waals surface area contributed by atoms with Gasteiger partial charge in [0.2, 0.25) is 5.95 Å². The fourth-order valence-corrected chi connectivity index (χ4v) is 3.52. The fraction of sp³-hybridized carbons (Fsp3) is 0.333. The van der Waals surface area contributed by atoms with Crippen molar-refractivity contribution in [3.8, 4) is 17.1 Å². The normalized spacial score (nSPS) is 14.6. The topological polar surface area (TPSA) is 96.0 Å². The number of nitrogens with one attached hydrogen (secondary N) is 2. The Labute approximate surface area is 169 Å². The molecule has 1 saturated heterocycles. The zero-order valence-electron chi connectivity index (χ0n) is 16.6. The van der Waals surface area contributed by atoms with E-state index in [2.05, 4.69) is 30.2 Å².